The molecule has 0 radical (unpaired) electrons. The first kappa shape index (κ1) is 18.0. The number of rotatable bonds is 7. The molecule has 0 aliphatic heterocycles. The first-order valence-corrected chi connectivity index (χ1v) is 8.21. The highest BCUT2D eigenvalue weighted by atomic mass is 19.1. The van der Waals surface area contributed by atoms with E-state index in [1.165, 1.54) is 12.1 Å². The molecule has 0 spiro atoms. The Morgan fingerprint density at radius 3 is 2.67 bits per heavy atom. The van der Waals surface area contributed by atoms with E-state index in [-0.39, 0.29) is 17.3 Å². The first-order valence-electron chi connectivity index (χ1n) is 8.21. The molecule has 0 saturated heterocycles. The average molecular weight is 333 g/mol. The van der Waals surface area contributed by atoms with E-state index in [0.717, 1.165) is 38.1 Å². The smallest absolute Gasteiger partial charge is 0.254 e. The maximum absolute atomic E-state index is 13.1. The Hall–Kier alpha value is -2.37. The van der Waals surface area contributed by atoms with Gasteiger partial charge in [-0.15, -0.1) is 0 Å². The molecule has 0 unspecified atom stereocenters. The molecule has 1 aliphatic rings. The van der Waals surface area contributed by atoms with Gasteiger partial charge in [0.05, 0.1) is 12.2 Å². The van der Waals surface area contributed by atoms with Gasteiger partial charge in [-0.3, -0.25) is 4.79 Å². The summed E-state index contributed by atoms with van der Waals surface area (Å²) in [5.74, 6) is 0.870. The number of nitrogens with one attached hydrogen (secondary N) is 2. The van der Waals surface area contributed by atoms with E-state index in [2.05, 4.69) is 5.32 Å². The summed E-state index contributed by atoms with van der Waals surface area (Å²) in [5.41, 5.74) is 5.46. The Balaban J connectivity index is 1.68. The summed E-state index contributed by atoms with van der Waals surface area (Å²) in [6.45, 7) is 1.19. The number of hydrogen-bond donors (Lipinski definition) is 3. The summed E-state index contributed by atoms with van der Waals surface area (Å²) >= 11 is 0. The van der Waals surface area contributed by atoms with Crippen LogP contribution < -0.4 is 15.8 Å². The Kier molecular flexibility index (Phi) is 6.78. The predicted octanol–water partition coefficient (Wildman–Crippen LogP) is 2.62. The van der Waals surface area contributed by atoms with Gasteiger partial charge in [0, 0.05) is 25.0 Å². The van der Waals surface area contributed by atoms with Gasteiger partial charge in [0.2, 0.25) is 0 Å². The zero-order valence-corrected chi connectivity index (χ0v) is 13.6. The normalized spacial score (nSPS) is 21.1. The molecular formula is C18H24FN3O2. The summed E-state index contributed by atoms with van der Waals surface area (Å²) in [6.07, 6.45) is 6.19. The molecule has 24 heavy (non-hydrogen) atoms. The number of nitrogens with two attached hydrogens (primary N) is 1. The quantitative estimate of drug-likeness (QED) is 0.529. The van der Waals surface area contributed by atoms with Crippen LogP contribution in [0.3, 0.4) is 0 Å². The molecule has 1 aromatic carbocycles. The molecule has 1 fully saturated rings. The number of ether oxygens (including phenoxy) is 1. The first-order chi connectivity index (χ1) is 11.6. The number of halogens is 1. The maximum Gasteiger partial charge on any atom is 0.254 e. The zero-order valence-electron chi connectivity index (χ0n) is 13.6. The van der Waals surface area contributed by atoms with Gasteiger partial charge in [-0.2, -0.15) is 0 Å². The number of benzene rings is 1. The van der Waals surface area contributed by atoms with Crippen molar-refractivity contribution >= 4 is 12.1 Å². The molecule has 0 aromatic heterocycles. The third-order valence-electron chi connectivity index (χ3n) is 4.40. The minimum absolute atomic E-state index is 0.173. The van der Waals surface area contributed by atoms with Crippen LogP contribution >= 0.6 is 0 Å². The Morgan fingerprint density at radius 1 is 1.33 bits per heavy atom. The number of carbonyl (C=O) groups excluding carboxylic acids is 1. The molecule has 0 heterocycles. The third-order valence-corrected chi connectivity index (χ3v) is 4.40. The second kappa shape index (κ2) is 9.05. The van der Waals surface area contributed by atoms with Gasteiger partial charge in [-0.25, -0.2) is 4.39 Å². The molecule has 2 rings (SSSR count). The highest BCUT2D eigenvalue weighted by Gasteiger charge is 2.22. The van der Waals surface area contributed by atoms with Crippen LogP contribution in [-0.2, 0) is 4.79 Å². The van der Waals surface area contributed by atoms with Crippen molar-refractivity contribution in [1.29, 1.82) is 5.41 Å². The summed E-state index contributed by atoms with van der Waals surface area (Å²) < 4.78 is 18.8. The van der Waals surface area contributed by atoms with Crippen molar-refractivity contribution in [3.05, 3.63) is 41.9 Å². The van der Waals surface area contributed by atoms with E-state index in [9.17, 15) is 9.18 Å². The highest BCUT2D eigenvalue weighted by Crippen LogP contribution is 2.29. The lowest BCUT2D eigenvalue weighted by Gasteiger charge is -2.28. The van der Waals surface area contributed by atoms with E-state index >= 15 is 0 Å². The van der Waals surface area contributed by atoms with Crippen molar-refractivity contribution < 1.29 is 13.9 Å². The summed E-state index contributed by atoms with van der Waals surface area (Å²) in [4.78, 5) is 11.7. The largest absolute Gasteiger partial charge is 0.493 e. The topological polar surface area (TPSA) is 88.2 Å². The molecule has 1 aromatic rings. The number of hydrogen-bond acceptors (Lipinski definition) is 4. The van der Waals surface area contributed by atoms with E-state index in [4.69, 9.17) is 15.9 Å². The van der Waals surface area contributed by atoms with Gasteiger partial charge >= 0.3 is 0 Å². The van der Waals surface area contributed by atoms with E-state index in [1.807, 2.05) is 0 Å². The molecular weight excluding hydrogens is 309 g/mol. The SMILES string of the molecule is N=C/C(=C\N)C(=O)NCC1CCC(COc2cccc(F)c2)CC1. The zero-order chi connectivity index (χ0) is 17.4. The lowest BCUT2D eigenvalue weighted by Crippen LogP contribution is -2.33. The van der Waals surface area contributed by atoms with Crippen molar-refractivity contribution in [1.82, 2.24) is 5.32 Å². The maximum atomic E-state index is 13.1. The van der Waals surface area contributed by atoms with Gasteiger partial charge in [0.25, 0.3) is 5.91 Å². The van der Waals surface area contributed by atoms with Gasteiger partial charge < -0.3 is 21.2 Å². The predicted molar refractivity (Wildman–Crippen MR) is 91.4 cm³/mol. The molecule has 4 N–H and O–H groups in total. The van der Waals surface area contributed by atoms with Crippen LogP contribution in [0.4, 0.5) is 4.39 Å². The van der Waals surface area contributed by atoms with Crippen molar-refractivity contribution in [3.8, 4) is 5.75 Å². The Morgan fingerprint density at radius 2 is 2.04 bits per heavy atom. The average Bonchev–Trinajstić information content (AvgIpc) is 2.60. The van der Waals surface area contributed by atoms with Gasteiger partial charge in [0.1, 0.15) is 11.6 Å². The van der Waals surface area contributed by atoms with Crippen LogP contribution in [0.1, 0.15) is 25.7 Å². The van der Waals surface area contributed by atoms with E-state index in [0.29, 0.717) is 30.7 Å². The van der Waals surface area contributed by atoms with Gasteiger partial charge in [0.15, 0.2) is 0 Å². The van der Waals surface area contributed by atoms with Crippen LogP contribution in [0, 0.1) is 23.1 Å². The molecule has 0 atom stereocenters. The Labute approximate surface area is 141 Å². The molecule has 130 valence electrons. The minimum atomic E-state index is -0.302. The number of carbonyl (C=O) groups is 1. The standard InChI is InChI=1S/C18H24FN3O2/c19-16-2-1-3-17(8-16)24-12-14-6-4-13(5-7-14)11-22-18(23)15(9-20)10-21/h1-3,8-10,13-14,20H,4-7,11-12,21H2,(H,22,23)/b15-10+,20-9?. The molecule has 1 amide bonds. The van der Waals surface area contributed by atoms with Crippen molar-refractivity contribution in [2.75, 3.05) is 13.2 Å². The van der Waals surface area contributed by atoms with Crippen molar-refractivity contribution in [2.24, 2.45) is 17.6 Å². The Bertz CT molecular complexity index is 596. The fraction of sp³-hybridized carbons (Fsp3) is 0.444. The fourth-order valence-corrected chi connectivity index (χ4v) is 2.90. The highest BCUT2D eigenvalue weighted by molar-refractivity contribution is 6.11. The molecule has 5 nitrogen and oxygen atoms in total. The molecule has 0 bridgehead atoms. The van der Waals surface area contributed by atoms with Crippen LogP contribution in [0.5, 0.6) is 5.75 Å². The minimum Gasteiger partial charge on any atom is -0.493 e. The van der Waals surface area contributed by atoms with Crippen molar-refractivity contribution in [2.45, 2.75) is 25.7 Å². The van der Waals surface area contributed by atoms with E-state index < -0.39 is 0 Å². The van der Waals surface area contributed by atoms with Crippen LogP contribution in [0.15, 0.2) is 36.0 Å². The lowest BCUT2D eigenvalue weighted by molar-refractivity contribution is -0.117. The summed E-state index contributed by atoms with van der Waals surface area (Å²) in [5, 5.41) is 9.92. The molecule has 6 heteroatoms. The second-order valence-corrected chi connectivity index (χ2v) is 6.13. The molecule has 1 saturated carbocycles. The van der Waals surface area contributed by atoms with E-state index in [1.54, 1.807) is 12.1 Å². The number of amides is 1. The van der Waals surface area contributed by atoms with Gasteiger partial charge in [-0.1, -0.05) is 6.07 Å². The summed E-state index contributed by atoms with van der Waals surface area (Å²) in [7, 11) is 0. The monoisotopic (exact) mass is 333 g/mol. The van der Waals surface area contributed by atoms with Gasteiger partial charge in [-0.05, 0) is 49.7 Å². The molecule has 1 aliphatic carbocycles. The lowest BCUT2D eigenvalue weighted by atomic mass is 9.82. The van der Waals surface area contributed by atoms with Crippen LogP contribution in [-0.4, -0.2) is 25.3 Å². The van der Waals surface area contributed by atoms with Crippen LogP contribution in [0.25, 0.3) is 0 Å². The fourth-order valence-electron chi connectivity index (χ4n) is 2.90. The third kappa shape index (κ3) is 5.37. The summed E-state index contributed by atoms with van der Waals surface area (Å²) in [6, 6.07) is 6.20. The van der Waals surface area contributed by atoms with Crippen LogP contribution in [0.2, 0.25) is 0 Å². The van der Waals surface area contributed by atoms with Crippen molar-refractivity contribution in [3.63, 3.8) is 0 Å². The second-order valence-electron chi connectivity index (χ2n) is 6.13.